The van der Waals surface area contributed by atoms with E-state index in [4.69, 9.17) is 9.26 Å². The molecule has 1 aromatic carbocycles. The van der Waals surface area contributed by atoms with Gasteiger partial charge in [0, 0.05) is 26.6 Å². The van der Waals surface area contributed by atoms with Gasteiger partial charge in [0.2, 0.25) is 5.89 Å². The van der Waals surface area contributed by atoms with Crippen molar-refractivity contribution >= 4 is 29.9 Å². The lowest BCUT2D eigenvalue weighted by atomic mass is 10.2. The standard InChI is InChI=1S/C15H21N5O2.HI/c1-11-19-14(22-20-11)7-8-17-15(16-2)18-10-12-5-4-6-13(9-12)21-3;/h4-6,9H,7-8,10H2,1-3H3,(H2,16,17,18);1H. The molecular weight excluding hydrogens is 409 g/mol. The van der Waals surface area contributed by atoms with Crippen LogP contribution in [0.2, 0.25) is 0 Å². The minimum absolute atomic E-state index is 0. The second-order valence-electron chi connectivity index (χ2n) is 4.69. The van der Waals surface area contributed by atoms with Crippen LogP contribution < -0.4 is 15.4 Å². The van der Waals surface area contributed by atoms with Gasteiger partial charge < -0.3 is 19.9 Å². The second-order valence-corrected chi connectivity index (χ2v) is 4.69. The van der Waals surface area contributed by atoms with Crippen molar-refractivity contribution in [3.63, 3.8) is 0 Å². The molecule has 0 saturated heterocycles. The third-order valence-corrected chi connectivity index (χ3v) is 3.02. The van der Waals surface area contributed by atoms with Crippen LogP contribution in [0, 0.1) is 6.92 Å². The minimum atomic E-state index is 0. The molecule has 0 bridgehead atoms. The van der Waals surface area contributed by atoms with E-state index in [1.54, 1.807) is 21.1 Å². The van der Waals surface area contributed by atoms with E-state index < -0.39 is 0 Å². The zero-order valence-electron chi connectivity index (χ0n) is 13.5. The van der Waals surface area contributed by atoms with Crippen LogP contribution in [0.5, 0.6) is 5.75 Å². The number of ether oxygens (including phenoxy) is 1. The molecule has 1 aromatic heterocycles. The van der Waals surface area contributed by atoms with Crippen LogP contribution in [0.4, 0.5) is 0 Å². The monoisotopic (exact) mass is 431 g/mol. The molecule has 2 rings (SSSR count). The van der Waals surface area contributed by atoms with Crippen molar-refractivity contribution < 1.29 is 9.26 Å². The van der Waals surface area contributed by atoms with Crippen molar-refractivity contribution in [3.05, 3.63) is 41.5 Å². The Bertz CT molecular complexity index is 630. The van der Waals surface area contributed by atoms with E-state index in [2.05, 4.69) is 25.8 Å². The van der Waals surface area contributed by atoms with E-state index in [1.807, 2.05) is 24.3 Å². The number of nitrogens with one attached hydrogen (secondary N) is 2. The van der Waals surface area contributed by atoms with Crippen molar-refractivity contribution in [2.24, 2.45) is 4.99 Å². The zero-order valence-corrected chi connectivity index (χ0v) is 15.8. The first kappa shape index (κ1) is 19.2. The molecule has 0 aliphatic heterocycles. The van der Waals surface area contributed by atoms with E-state index in [9.17, 15) is 0 Å². The normalized spacial score (nSPS) is 10.8. The summed E-state index contributed by atoms with van der Waals surface area (Å²) in [5.74, 6) is 2.83. The van der Waals surface area contributed by atoms with Gasteiger partial charge in [-0.15, -0.1) is 24.0 Å². The van der Waals surface area contributed by atoms with Crippen molar-refractivity contribution in [2.75, 3.05) is 20.7 Å². The van der Waals surface area contributed by atoms with Crippen molar-refractivity contribution in [2.45, 2.75) is 19.9 Å². The highest BCUT2D eigenvalue weighted by atomic mass is 127. The Hall–Kier alpha value is -1.84. The summed E-state index contributed by atoms with van der Waals surface area (Å²) in [6, 6.07) is 7.90. The molecule has 0 unspecified atom stereocenters. The van der Waals surface area contributed by atoms with E-state index in [1.165, 1.54) is 0 Å². The highest BCUT2D eigenvalue weighted by Gasteiger charge is 2.03. The van der Waals surface area contributed by atoms with Gasteiger partial charge in [0.05, 0.1) is 7.11 Å². The van der Waals surface area contributed by atoms with Crippen LogP contribution >= 0.6 is 24.0 Å². The lowest BCUT2D eigenvalue weighted by Gasteiger charge is -2.11. The number of hydrogen-bond donors (Lipinski definition) is 2. The van der Waals surface area contributed by atoms with Crippen LogP contribution in [0.15, 0.2) is 33.8 Å². The van der Waals surface area contributed by atoms with E-state index in [0.29, 0.717) is 31.2 Å². The molecule has 1 heterocycles. The Balaban J connectivity index is 0.00000264. The van der Waals surface area contributed by atoms with Gasteiger partial charge in [0.1, 0.15) is 5.75 Å². The summed E-state index contributed by atoms with van der Waals surface area (Å²) < 4.78 is 10.3. The largest absolute Gasteiger partial charge is 0.497 e. The van der Waals surface area contributed by atoms with Gasteiger partial charge in [-0.1, -0.05) is 17.3 Å². The zero-order chi connectivity index (χ0) is 15.8. The maximum absolute atomic E-state index is 5.21. The molecule has 7 nitrogen and oxygen atoms in total. The molecule has 0 spiro atoms. The highest BCUT2D eigenvalue weighted by Crippen LogP contribution is 2.11. The van der Waals surface area contributed by atoms with Gasteiger partial charge in [-0.3, -0.25) is 4.99 Å². The second kappa shape index (κ2) is 10.0. The first-order valence-corrected chi connectivity index (χ1v) is 7.08. The van der Waals surface area contributed by atoms with Crippen molar-refractivity contribution in [1.82, 2.24) is 20.8 Å². The van der Waals surface area contributed by atoms with Gasteiger partial charge in [-0.05, 0) is 24.6 Å². The molecule has 0 amide bonds. The summed E-state index contributed by atoms with van der Waals surface area (Å²) in [4.78, 5) is 8.33. The quantitative estimate of drug-likeness (QED) is 0.413. The number of rotatable bonds is 6. The highest BCUT2D eigenvalue weighted by molar-refractivity contribution is 14.0. The number of hydrogen-bond acceptors (Lipinski definition) is 5. The molecule has 0 saturated carbocycles. The summed E-state index contributed by atoms with van der Waals surface area (Å²) in [7, 11) is 3.39. The molecule has 23 heavy (non-hydrogen) atoms. The first-order chi connectivity index (χ1) is 10.7. The number of halogens is 1. The molecule has 0 atom stereocenters. The summed E-state index contributed by atoms with van der Waals surface area (Å²) >= 11 is 0. The van der Waals surface area contributed by atoms with Crippen LogP contribution in [0.25, 0.3) is 0 Å². The third-order valence-electron chi connectivity index (χ3n) is 3.02. The Kier molecular flexibility index (Phi) is 8.38. The molecule has 8 heteroatoms. The molecule has 0 aliphatic carbocycles. The Labute approximate surface area is 152 Å². The molecule has 0 radical (unpaired) electrons. The van der Waals surface area contributed by atoms with Gasteiger partial charge >= 0.3 is 0 Å². The Morgan fingerprint density at radius 3 is 2.83 bits per heavy atom. The lowest BCUT2D eigenvalue weighted by molar-refractivity contribution is 0.374. The maximum atomic E-state index is 5.21. The summed E-state index contributed by atoms with van der Waals surface area (Å²) in [6.45, 7) is 3.13. The Morgan fingerprint density at radius 1 is 1.35 bits per heavy atom. The predicted molar refractivity (Wildman–Crippen MR) is 99.3 cm³/mol. The van der Waals surface area contributed by atoms with Gasteiger partial charge in [-0.25, -0.2) is 0 Å². The van der Waals surface area contributed by atoms with Crippen LogP contribution in [-0.4, -0.2) is 36.8 Å². The number of benzene rings is 1. The number of aromatic nitrogens is 2. The van der Waals surface area contributed by atoms with Gasteiger partial charge in [0.15, 0.2) is 11.8 Å². The maximum Gasteiger partial charge on any atom is 0.228 e. The minimum Gasteiger partial charge on any atom is -0.497 e. The van der Waals surface area contributed by atoms with Crippen LogP contribution in [0.3, 0.4) is 0 Å². The van der Waals surface area contributed by atoms with Crippen LogP contribution in [-0.2, 0) is 13.0 Å². The average Bonchev–Trinajstić information content (AvgIpc) is 2.96. The molecule has 2 N–H and O–H groups in total. The van der Waals surface area contributed by atoms with Gasteiger partial charge in [0.25, 0.3) is 0 Å². The number of aryl methyl sites for hydroxylation is 1. The van der Waals surface area contributed by atoms with E-state index >= 15 is 0 Å². The molecular formula is C15H22IN5O2. The fraction of sp³-hybridized carbons (Fsp3) is 0.400. The topological polar surface area (TPSA) is 84.6 Å². The van der Waals surface area contributed by atoms with Crippen molar-refractivity contribution in [1.29, 1.82) is 0 Å². The molecule has 0 fully saturated rings. The first-order valence-electron chi connectivity index (χ1n) is 7.08. The third kappa shape index (κ3) is 6.43. The molecule has 126 valence electrons. The summed E-state index contributed by atoms with van der Waals surface area (Å²) in [6.07, 6.45) is 0.653. The molecule has 0 aliphatic rings. The van der Waals surface area contributed by atoms with Crippen molar-refractivity contribution in [3.8, 4) is 5.75 Å². The van der Waals surface area contributed by atoms with Gasteiger partial charge in [-0.2, -0.15) is 4.98 Å². The number of methoxy groups -OCH3 is 1. The summed E-state index contributed by atoms with van der Waals surface area (Å²) in [5, 5.41) is 10.2. The number of guanidine groups is 1. The number of aliphatic imine (C=N–C) groups is 1. The lowest BCUT2D eigenvalue weighted by Crippen LogP contribution is -2.37. The average molecular weight is 431 g/mol. The number of nitrogens with zero attached hydrogens (tertiary/aromatic N) is 3. The van der Waals surface area contributed by atoms with Crippen LogP contribution in [0.1, 0.15) is 17.3 Å². The fourth-order valence-corrected chi connectivity index (χ4v) is 1.92. The SMILES string of the molecule is CN=C(NCCc1nc(C)no1)NCc1cccc(OC)c1.I. The fourth-order valence-electron chi connectivity index (χ4n) is 1.92. The predicted octanol–water partition coefficient (Wildman–Crippen LogP) is 1.91. The summed E-state index contributed by atoms with van der Waals surface area (Å²) in [5.41, 5.74) is 1.12. The van der Waals surface area contributed by atoms with E-state index in [0.717, 1.165) is 17.3 Å². The smallest absolute Gasteiger partial charge is 0.228 e. The Morgan fingerprint density at radius 2 is 2.17 bits per heavy atom. The van der Waals surface area contributed by atoms with E-state index in [-0.39, 0.29) is 24.0 Å². The molecule has 2 aromatic rings.